The molecule has 0 amide bonds. The molecule has 1 aliphatic rings. The van der Waals surface area contributed by atoms with Crippen LogP contribution in [0.15, 0.2) is 18.2 Å². The lowest BCUT2D eigenvalue weighted by Crippen LogP contribution is -2.47. The molecule has 1 aromatic rings. The van der Waals surface area contributed by atoms with Crippen molar-refractivity contribution in [3.8, 4) is 0 Å². The number of esters is 1. The fourth-order valence-corrected chi connectivity index (χ4v) is 2.14. The van der Waals surface area contributed by atoms with Gasteiger partial charge in [0.05, 0.1) is 12.7 Å². The predicted molar refractivity (Wildman–Crippen MR) is 66.8 cm³/mol. The average Bonchev–Trinajstić information content (AvgIpc) is 2.33. The summed E-state index contributed by atoms with van der Waals surface area (Å²) < 4.78 is 18.2. The van der Waals surface area contributed by atoms with Crippen molar-refractivity contribution >= 4 is 5.97 Å². The molecular weight excluding hydrogens is 233 g/mol. The Hall–Kier alpha value is -1.42. The lowest BCUT2D eigenvalue weighted by Gasteiger charge is -2.39. The van der Waals surface area contributed by atoms with Crippen molar-refractivity contribution in [2.75, 3.05) is 7.11 Å². The molecule has 0 unspecified atom stereocenters. The van der Waals surface area contributed by atoms with Gasteiger partial charge in [0.2, 0.25) is 0 Å². The molecule has 1 saturated carbocycles. The molecule has 0 heterocycles. The third-order valence-electron chi connectivity index (χ3n) is 3.62. The summed E-state index contributed by atoms with van der Waals surface area (Å²) in [5, 5.41) is 3.42. The zero-order valence-electron chi connectivity index (χ0n) is 10.8. The van der Waals surface area contributed by atoms with Crippen molar-refractivity contribution in [3.63, 3.8) is 0 Å². The van der Waals surface area contributed by atoms with E-state index in [9.17, 15) is 9.18 Å². The van der Waals surface area contributed by atoms with E-state index in [1.165, 1.54) is 25.7 Å². The maximum Gasteiger partial charge on any atom is 0.340 e. The van der Waals surface area contributed by atoms with Gasteiger partial charge in [-0.2, -0.15) is 0 Å². The Morgan fingerprint density at radius 3 is 2.72 bits per heavy atom. The van der Waals surface area contributed by atoms with Crippen LogP contribution in [0.2, 0.25) is 0 Å². The minimum absolute atomic E-state index is 0.0175. The SMILES string of the molecule is COC(=O)c1ccc(CNC2(C)CCC2)cc1F. The fourth-order valence-electron chi connectivity index (χ4n) is 2.14. The second-order valence-corrected chi connectivity index (χ2v) is 5.07. The van der Waals surface area contributed by atoms with Crippen LogP contribution in [0.5, 0.6) is 0 Å². The maximum atomic E-state index is 13.7. The summed E-state index contributed by atoms with van der Waals surface area (Å²) in [6.45, 7) is 2.80. The van der Waals surface area contributed by atoms with E-state index in [0.717, 1.165) is 18.4 Å². The van der Waals surface area contributed by atoms with Crippen molar-refractivity contribution in [3.05, 3.63) is 35.1 Å². The standard InChI is InChI=1S/C14H18FNO2/c1-14(6-3-7-14)16-9-10-4-5-11(12(15)8-10)13(17)18-2/h4-5,8,16H,3,6-7,9H2,1-2H3. The van der Waals surface area contributed by atoms with E-state index >= 15 is 0 Å². The van der Waals surface area contributed by atoms with Crippen LogP contribution in [0.25, 0.3) is 0 Å². The van der Waals surface area contributed by atoms with Crippen LogP contribution in [0, 0.1) is 5.82 Å². The summed E-state index contributed by atoms with van der Waals surface area (Å²) in [5.74, 6) is -1.17. The van der Waals surface area contributed by atoms with Gasteiger partial charge < -0.3 is 10.1 Å². The number of carbonyl (C=O) groups excluding carboxylic acids is 1. The fraction of sp³-hybridized carbons (Fsp3) is 0.500. The quantitative estimate of drug-likeness (QED) is 0.836. The smallest absolute Gasteiger partial charge is 0.340 e. The van der Waals surface area contributed by atoms with Gasteiger partial charge in [-0.25, -0.2) is 9.18 Å². The van der Waals surface area contributed by atoms with Crippen LogP contribution >= 0.6 is 0 Å². The molecule has 0 spiro atoms. The van der Waals surface area contributed by atoms with Crippen LogP contribution in [-0.2, 0) is 11.3 Å². The first-order valence-corrected chi connectivity index (χ1v) is 6.16. The van der Waals surface area contributed by atoms with Crippen molar-refractivity contribution in [1.29, 1.82) is 0 Å². The highest BCUT2D eigenvalue weighted by atomic mass is 19.1. The molecule has 0 radical (unpaired) electrons. The van der Waals surface area contributed by atoms with Gasteiger partial charge in [0, 0.05) is 12.1 Å². The molecule has 0 aromatic heterocycles. The minimum Gasteiger partial charge on any atom is -0.465 e. The highest BCUT2D eigenvalue weighted by Gasteiger charge is 2.30. The van der Waals surface area contributed by atoms with Crippen LogP contribution < -0.4 is 5.32 Å². The Labute approximate surface area is 106 Å². The third kappa shape index (κ3) is 2.70. The highest BCUT2D eigenvalue weighted by molar-refractivity contribution is 5.89. The Morgan fingerprint density at radius 2 is 2.22 bits per heavy atom. The van der Waals surface area contributed by atoms with E-state index in [-0.39, 0.29) is 11.1 Å². The number of methoxy groups -OCH3 is 1. The normalized spacial score (nSPS) is 17.1. The summed E-state index contributed by atoms with van der Waals surface area (Å²) in [7, 11) is 1.24. The van der Waals surface area contributed by atoms with Crippen LogP contribution in [0.3, 0.4) is 0 Å². The molecule has 1 aliphatic carbocycles. The predicted octanol–water partition coefficient (Wildman–Crippen LogP) is 2.64. The first-order chi connectivity index (χ1) is 8.54. The van der Waals surface area contributed by atoms with E-state index in [1.54, 1.807) is 6.07 Å². The number of hydrogen-bond donors (Lipinski definition) is 1. The number of benzene rings is 1. The summed E-state index contributed by atoms with van der Waals surface area (Å²) in [4.78, 5) is 11.2. The Balaban J connectivity index is 2.02. The molecule has 1 N–H and O–H groups in total. The number of ether oxygens (including phenoxy) is 1. The summed E-state index contributed by atoms with van der Waals surface area (Å²) >= 11 is 0. The van der Waals surface area contributed by atoms with E-state index in [0.29, 0.717) is 6.54 Å². The topological polar surface area (TPSA) is 38.3 Å². The van der Waals surface area contributed by atoms with Crippen LogP contribution in [0.1, 0.15) is 42.1 Å². The second kappa shape index (κ2) is 5.06. The molecule has 0 atom stereocenters. The first-order valence-electron chi connectivity index (χ1n) is 6.16. The van der Waals surface area contributed by atoms with Crippen molar-refractivity contribution in [2.24, 2.45) is 0 Å². The average molecular weight is 251 g/mol. The van der Waals surface area contributed by atoms with E-state index in [2.05, 4.69) is 17.0 Å². The van der Waals surface area contributed by atoms with Crippen molar-refractivity contribution < 1.29 is 13.9 Å². The zero-order chi connectivity index (χ0) is 13.2. The Morgan fingerprint density at radius 1 is 1.50 bits per heavy atom. The van der Waals surface area contributed by atoms with Gasteiger partial charge in [-0.1, -0.05) is 6.07 Å². The molecular formula is C14H18FNO2. The molecule has 1 aromatic carbocycles. The first kappa shape index (κ1) is 13.0. The number of carbonyl (C=O) groups is 1. The molecule has 0 aliphatic heterocycles. The van der Waals surface area contributed by atoms with Gasteiger partial charge >= 0.3 is 5.97 Å². The van der Waals surface area contributed by atoms with Crippen LogP contribution in [0.4, 0.5) is 4.39 Å². The molecule has 2 rings (SSSR count). The van der Waals surface area contributed by atoms with Gasteiger partial charge in [-0.05, 0) is 43.9 Å². The van der Waals surface area contributed by atoms with E-state index in [4.69, 9.17) is 0 Å². The molecule has 0 bridgehead atoms. The lowest BCUT2D eigenvalue weighted by molar-refractivity contribution is 0.0595. The molecule has 98 valence electrons. The molecule has 1 fully saturated rings. The van der Waals surface area contributed by atoms with Gasteiger partial charge in [-0.3, -0.25) is 0 Å². The Bertz CT molecular complexity index is 455. The minimum atomic E-state index is -0.641. The number of rotatable bonds is 4. The largest absolute Gasteiger partial charge is 0.465 e. The molecule has 18 heavy (non-hydrogen) atoms. The van der Waals surface area contributed by atoms with Crippen molar-refractivity contribution in [1.82, 2.24) is 5.32 Å². The summed E-state index contributed by atoms with van der Waals surface area (Å²) in [5.41, 5.74) is 1.02. The molecule has 0 saturated heterocycles. The van der Waals surface area contributed by atoms with Gasteiger partial charge in [-0.15, -0.1) is 0 Å². The second-order valence-electron chi connectivity index (χ2n) is 5.07. The van der Waals surface area contributed by atoms with Gasteiger partial charge in [0.15, 0.2) is 0 Å². The Kier molecular flexibility index (Phi) is 3.66. The number of nitrogens with one attached hydrogen (secondary N) is 1. The summed E-state index contributed by atoms with van der Waals surface area (Å²) in [6.07, 6.45) is 3.57. The number of hydrogen-bond acceptors (Lipinski definition) is 3. The lowest BCUT2D eigenvalue weighted by atomic mass is 9.78. The highest BCUT2D eigenvalue weighted by Crippen LogP contribution is 2.31. The zero-order valence-corrected chi connectivity index (χ0v) is 10.8. The van der Waals surface area contributed by atoms with E-state index < -0.39 is 11.8 Å². The third-order valence-corrected chi connectivity index (χ3v) is 3.62. The maximum absolute atomic E-state index is 13.7. The van der Waals surface area contributed by atoms with Gasteiger partial charge in [0.1, 0.15) is 5.82 Å². The van der Waals surface area contributed by atoms with Crippen LogP contribution in [-0.4, -0.2) is 18.6 Å². The van der Waals surface area contributed by atoms with E-state index in [1.807, 2.05) is 0 Å². The number of halogens is 1. The molecule has 4 heteroatoms. The molecule has 3 nitrogen and oxygen atoms in total. The van der Waals surface area contributed by atoms with Gasteiger partial charge in [0.25, 0.3) is 0 Å². The summed E-state index contributed by atoms with van der Waals surface area (Å²) in [6, 6.07) is 4.62. The monoisotopic (exact) mass is 251 g/mol. The van der Waals surface area contributed by atoms with Crippen molar-refractivity contribution in [2.45, 2.75) is 38.3 Å².